The van der Waals surface area contributed by atoms with Crippen molar-refractivity contribution in [3.63, 3.8) is 0 Å². The Labute approximate surface area is 119 Å². The molecule has 2 rings (SSSR count). The summed E-state index contributed by atoms with van der Waals surface area (Å²) >= 11 is 0. The molecule has 102 valence electrons. The van der Waals surface area contributed by atoms with Crippen LogP contribution in [0, 0.1) is 0 Å². The fourth-order valence-electron chi connectivity index (χ4n) is 1.92. The van der Waals surface area contributed by atoms with Crippen LogP contribution in [0.15, 0.2) is 58.5 Å². The Morgan fingerprint density at radius 2 is 1.50 bits per heavy atom. The van der Waals surface area contributed by atoms with Crippen molar-refractivity contribution < 1.29 is 4.74 Å². The number of ether oxygens (including phenoxy) is 1. The van der Waals surface area contributed by atoms with Crippen LogP contribution in [0.25, 0.3) is 0 Å². The van der Waals surface area contributed by atoms with Gasteiger partial charge in [-0.25, -0.2) is 0 Å². The van der Waals surface area contributed by atoms with E-state index in [1.807, 2.05) is 61.0 Å². The molecule has 0 radical (unpaired) electrons. The van der Waals surface area contributed by atoms with E-state index in [1.54, 1.807) is 14.1 Å². The van der Waals surface area contributed by atoms with E-state index in [9.17, 15) is 0 Å². The highest BCUT2D eigenvalue weighted by molar-refractivity contribution is 5.87. The summed E-state index contributed by atoms with van der Waals surface area (Å²) in [7, 11) is 3.51. The molecule has 20 heavy (non-hydrogen) atoms. The first-order chi connectivity index (χ1) is 9.81. The smallest absolute Gasteiger partial charge is 0.121 e. The molecule has 0 N–H and O–H groups in total. The summed E-state index contributed by atoms with van der Waals surface area (Å²) in [6.45, 7) is 0.552. The molecular weight excluding hydrogens is 248 g/mol. The minimum absolute atomic E-state index is 0.552. The van der Waals surface area contributed by atoms with Crippen molar-refractivity contribution >= 4 is 12.4 Å². The van der Waals surface area contributed by atoms with E-state index >= 15 is 0 Å². The summed E-state index contributed by atoms with van der Waals surface area (Å²) in [6, 6.07) is 16.1. The number of hydrogen-bond donors (Lipinski definition) is 0. The van der Waals surface area contributed by atoms with Crippen molar-refractivity contribution in [3.05, 3.63) is 65.2 Å². The SMILES string of the molecule is C/N=C/c1cc(/C=N/C)cc(OCc2ccccc2)c1. The van der Waals surface area contributed by atoms with Crippen LogP contribution in [0.1, 0.15) is 16.7 Å². The predicted octanol–water partition coefficient (Wildman–Crippen LogP) is 3.36. The first-order valence-corrected chi connectivity index (χ1v) is 6.48. The van der Waals surface area contributed by atoms with Crippen LogP contribution in [-0.4, -0.2) is 26.5 Å². The van der Waals surface area contributed by atoms with Gasteiger partial charge in [-0.1, -0.05) is 30.3 Å². The van der Waals surface area contributed by atoms with E-state index in [0.29, 0.717) is 6.61 Å². The second-order valence-corrected chi connectivity index (χ2v) is 4.38. The molecule has 2 aromatic carbocycles. The fraction of sp³-hybridized carbons (Fsp3) is 0.176. The summed E-state index contributed by atoms with van der Waals surface area (Å²) in [5, 5.41) is 0. The van der Waals surface area contributed by atoms with Gasteiger partial charge in [-0.05, 0) is 34.9 Å². The minimum atomic E-state index is 0.552. The van der Waals surface area contributed by atoms with Gasteiger partial charge in [0.05, 0.1) is 0 Å². The normalized spacial score (nSPS) is 11.3. The van der Waals surface area contributed by atoms with Gasteiger partial charge in [-0.2, -0.15) is 0 Å². The van der Waals surface area contributed by atoms with Crippen molar-refractivity contribution in [2.24, 2.45) is 9.98 Å². The summed E-state index contributed by atoms with van der Waals surface area (Å²) in [6.07, 6.45) is 3.62. The predicted molar refractivity (Wildman–Crippen MR) is 84.3 cm³/mol. The van der Waals surface area contributed by atoms with Crippen LogP contribution in [0.2, 0.25) is 0 Å². The highest BCUT2D eigenvalue weighted by atomic mass is 16.5. The minimum Gasteiger partial charge on any atom is -0.489 e. The van der Waals surface area contributed by atoms with E-state index in [1.165, 1.54) is 0 Å². The van der Waals surface area contributed by atoms with Gasteiger partial charge in [0.25, 0.3) is 0 Å². The zero-order valence-electron chi connectivity index (χ0n) is 11.8. The van der Waals surface area contributed by atoms with Gasteiger partial charge in [0, 0.05) is 26.5 Å². The second kappa shape index (κ2) is 7.24. The van der Waals surface area contributed by atoms with Crippen molar-refractivity contribution in [2.75, 3.05) is 14.1 Å². The maximum Gasteiger partial charge on any atom is 0.121 e. The Morgan fingerprint density at radius 3 is 2.05 bits per heavy atom. The summed E-state index contributed by atoms with van der Waals surface area (Å²) in [5.74, 6) is 0.821. The van der Waals surface area contributed by atoms with E-state index in [-0.39, 0.29) is 0 Å². The number of hydrogen-bond acceptors (Lipinski definition) is 3. The second-order valence-electron chi connectivity index (χ2n) is 4.38. The van der Waals surface area contributed by atoms with Crippen LogP contribution in [0.3, 0.4) is 0 Å². The third kappa shape index (κ3) is 4.05. The molecule has 3 nitrogen and oxygen atoms in total. The molecule has 0 aromatic heterocycles. The van der Waals surface area contributed by atoms with Crippen LogP contribution in [0.4, 0.5) is 0 Å². The first-order valence-electron chi connectivity index (χ1n) is 6.48. The van der Waals surface area contributed by atoms with Crippen LogP contribution in [-0.2, 0) is 6.61 Å². The molecule has 0 amide bonds. The maximum atomic E-state index is 5.84. The Kier molecular flexibility index (Phi) is 5.07. The van der Waals surface area contributed by atoms with Gasteiger partial charge in [0.15, 0.2) is 0 Å². The average molecular weight is 266 g/mol. The molecule has 0 saturated carbocycles. The summed E-state index contributed by atoms with van der Waals surface area (Å²) in [4.78, 5) is 8.08. The Hall–Kier alpha value is -2.42. The number of aliphatic imine (C=N–C) groups is 2. The average Bonchev–Trinajstić information content (AvgIpc) is 2.47. The van der Waals surface area contributed by atoms with Gasteiger partial charge in [-0.3, -0.25) is 9.98 Å². The van der Waals surface area contributed by atoms with E-state index < -0.39 is 0 Å². The third-order valence-electron chi connectivity index (χ3n) is 2.76. The maximum absolute atomic E-state index is 5.84. The Bertz CT molecular complexity index is 573. The van der Waals surface area contributed by atoms with Crippen molar-refractivity contribution in [3.8, 4) is 5.75 Å². The molecule has 0 unspecified atom stereocenters. The molecule has 0 bridgehead atoms. The zero-order chi connectivity index (χ0) is 14.2. The standard InChI is InChI=1S/C17H18N2O/c1-18-11-15-8-16(12-19-2)10-17(9-15)20-13-14-6-4-3-5-7-14/h3-12H,13H2,1-2H3/b18-11+,19-12+. The first kappa shape index (κ1) is 14.0. The van der Waals surface area contributed by atoms with Gasteiger partial charge in [0.2, 0.25) is 0 Å². The van der Waals surface area contributed by atoms with Gasteiger partial charge >= 0.3 is 0 Å². The third-order valence-corrected chi connectivity index (χ3v) is 2.76. The molecule has 0 saturated heterocycles. The summed E-state index contributed by atoms with van der Waals surface area (Å²) in [5.41, 5.74) is 3.16. The number of benzene rings is 2. The lowest BCUT2D eigenvalue weighted by molar-refractivity contribution is 0.306. The molecule has 0 aliphatic heterocycles. The van der Waals surface area contributed by atoms with Gasteiger partial charge < -0.3 is 4.74 Å². The molecule has 0 aliphatic rings. The Morgan fingerprint density at radius 1 is 0.900 bits per heavy atom. The van der Waals surface area contributed by atoms with E-state index in [4.69, 9.17) is 4.74 Å². The molecule has 0 heterocycles. The topological polar surface area (TPSA) is 34.0 Å². The lowest BCUT2D eigenvalue weighted by Gasteiger charge is -2.08. The lowest BCUT2D eigenvalue weighted by Crippen LogP contribution is -1.97. The quantitative estimate of drug-likeness (QED) is 0.764. The van der Waals surface area contributed by atoms with Crippen molar-refractivity contribution in [1.29, 1.82) is 0 Å². The molecule has 2 aromatic rings. The number of nitrogens with zero attached hydrogens (tertiary/aromatic N) is 2. The van der Waals surface area contributed by atoms with Crippen LogP contribution in [0.5, 0.6) is 5.75 Å². The van der Waals surface area contributed by atoms with E-state index in [2.05, 4.69) is 9.98 Å². The fourth-order valence-corrected chi connectivity index (χ4v) is 1.92. The van der Waals surface area contributed by atoms with Gasteiger partial charge in [0.1, 0.15) is 12.4 Å². The molecule has 0 aliphatic carbocycles. The zero-order valence-corrected chi connectivity index (χ0v) is 11.8. The monoisotopic (exact) mass is 266 g/mol. The molecule has 0 spiro atoms. The highest BCUT2D eigenvalue weighted by Crippen LogP contribution is 2.17. The lowest BCUT2D eigenvalue weighted by atomic mass is 10.1. The van der Waals surface area contributed by atoms with E-state index in [0.717, 1.165) is 22.4 Å². The van der Waals surface area contributed by atoms with Crippen molar-refractivity contribution in [1.82, 2.24) is 0 Å². The molecule has 0 atom stereocenters. The molecule has 3 heteroatoms. The van der Waals surface area contributed by atoms with Crippen LogP contribution < -0.4 is 4.74 Å². The van der Waals surface area contributed by atoms with Crippen LogP contribution >= 0.6 is 0 Å². The Balaban J connectivity index is 2.17. The van der Waals surface area contributed by atoms with Crippen molar-refractivity contribution in [2.45, 2.75) is 6.61 Å². The molecular formula is C17H18N2O. The largest absolute Gasteiger partial charge is 0.489 e. The molecule has 0 fully saturated rings. The highest BCUT2D eigenvalue weighted by Gasteiger charge is 2.00. The number of rotatable bonds is 5. The summed E-state index contributed by atoms with van der Waals surface area (Å²) < 4.78 is 5.84. The van der Waals surface area contributed by atoms with Gasteiger partial charge in [-0.15, -0.1) is 0 Å².